The van der Waals surface area contributed by atoms with Crippen LogP contribution in [0, 0.1) is 20.8 Å². The number of phenols is 1. The smallest absolute Gasteiger partial charge is 0.342 e. The van der Waals surface area contributed by atoms with E-state index in [1.807, 2.05) is 45.0 Å². The molecule has 6 nitrogen and oxygen atoms in total. The van der Waals surface area contributed by atoms with Crippen LogP contribution in [0.15, 0.2) is 47.3 Å². The molecular formula is C23H20N2O4S. The second kappa shape index (κ2) is 7.76. The summed E-state index contributed by atoms with van der Waals surface area (Å²) in [7, 11) is 0. The first-order valence-corrected chi connectivity index (χ1v) is 10.2. The Balaban J connectivity index is 1.64. The molecular weight excluding hydrogens is 400 g/mol. The average molecular weight is 420 g/mol. The van der Waals surface area contributed by atoms with Crippen molar-refractivity contribution in [1.82, 2.24) is 9.97 Å². The molecule has 30 heavy (non-hydrogen) atoms. The highest BCUT2D eigenvalue weighted by atomic mass is 32.1. The van der Waals surface area contributed by atoms with E-state index < -0.39 is 5.97 Å². The van der Waals surface area contributed by atoms with Gasteiger partial charge in [0, 0.05) is 10.4 Å². The van der Waals surface area contributed by atoms with Crippen LogP contribution in [0.25, 0.3) is 21.3 Å². The van der Waals surface area contributed by atoms with E-state index in [-0.39, 0.29) is 29.3 Å². The molecule has 4 aromatic rings. The van der Waals surface area contributed by atoms with Crippen LogP contribution in [0.5, 0.6) is 5.75 Å². The van der Waals surface area contributed by atoms with E-state index in [0.717, 1.165) is 27.1 Å². The lowest BCUT2D eigenvalue weighted by molar-refractivity contribution is 0.0459. The normalized spacial score (nSPS) is 11.0. The van der Waals surface area contributed by atoms with Crippen molar-refractivity contribution in [1.29, 1.82) is 0 Å². The van der Waals surface area contributed by atoms with Crippen molar-refractivity contribution in [3.8, 4) is 16.9 Å². The van der Waals surface area contributed by atoms with Crippen LogP contribution in [0.3, 0.4) is 0 Å². The number of hydrogen-bond donors (Lipinski definition) is 2. The van der Waals surface area contributed by atoms with Gasteiger partial charge in [-0.25, -0.2) is 9.78 Å². The number of phenolic OH excluding ortho intramolecular Hbond substituents is 1. The molecule has 2 aromatic heterocycles. The van der Waals surface area contributed by atoms with Gasteiger partial charge in [0.05, 0.1) is 5.39 Å². The van der Waals surface area contributed by atoms with E-state index in [1.165, 1.54) is 17.4 Å². The number of esters is 1. The summed E-state index contributed by atoms with van der Waals surface area (Å²) < 4.78 is 5.26. The van der Waals surface area contributed by atoms with Gasteiger partial charge in [0.1, 0.15) is 28.6 Å². The molecule has 152 valence electrons. The minimum Gasteiger partial charge on any atom is -0.507 e. The second-order valence-electron chi connectivity index (χ2n) is 7.19. The summed E-state index contributed by atoms with van der Waals surface area (Å²) in [5.74, 6) is -0.578. The molecule has 0 spiro atoms. The Bertz CT molecular complexity index is 1320. The third kappa shape index (κ3) is 3.71. The number of carbonyl (C=O) groups is 1. The largest absolute Gasteiger partial charge is 0.507 e. The number of benzene rings is 2. The zero-order valence-corrected chi connectivity index (χ0v) is 17.6. The van der Waals surface area contributed by atoms with E-state index in [4.69, 9.17) is 4.74 Å². The molecule has 0 radical (unpaired) electrons. The molecule has 0 saturated carbocycles. The number of thiophene rings is 1. The summed E-state index contributed by atoms with van der Waals surface area (Å²) in [6, 6.07) is 12.7. The lowest BCUT2D eigenvalue weighted by atomic mass is 10.0. The molecule has 0 aliphatic rings. The van der Waals surface area contributed by atoms with E-state index in [0.29, 0.717) is 10.2 Å². The molecule has 7 heteroatoms. The molecule has 0 bridgehead atoms. The average Bonchev–Trinajstić information content (AvgIpc) is 3.05. The van der Waals surface area contributed by atoms with Crippen molar-refractivity contribution in [2.24, 2.45) is 0 Å². The molecule has 2 N–H and O–H groups in total. The maximum absolute atomic E-state index is 12.8. The van der Waals surface area contributed by atoms with Gasteiger partial charge in [-0.3, -0.25) is 4.79 Å². The van der Waals surface area contributed by atoms with E-state index in [1.54, 1.807) is 12.1 Å². The number of aromatic nitrogens is 2. The fourth-order valence-corrected chi connectivity index (χ4v) is 4.39. The van der Waals surface area contributed by atoms with Crippen molar-refractivity contribution in [3.05, 3.63) is 80.2 Å². The van der Waals surface area contributed by atoms with Crippen LogP contribution < -0.4 is 5.56 Å². The summed E-state index contributed by atoms with van der Waals surface area (Å²) in [5, 5.41) is 10.4. The molecule has 0 aliphatic carbocycles. The maximum atomic E-state index is 12.8. The van der Waals surface area contributed by atoms with E-state index in [2.05, 4.69) is 9.97 Å². The number of aromatic hydroxyl groups is 1. The summed E-state index contributed by atoms with van der Waals surface area (Å²) in [6.07, 6.45) is 0. The van der Waals surface area contributed by atoms with Crippen molar-refractivity contribution in [2.45, 2.75) is 27.4 Å². The highest BCUT2D eigenvalue weighted by Crippen LogP contribution is 2.35. The molecule has 4 rings (SSSR count). The number of fused-ring (bicyclic) bond motifs is 1. The molecule has 0 unspecified atom stereocenters. The Labute approximate surface area is 176 Å². The van der Waals surface area contributed by atoms with Crippen LogP contribution in [0.1, 0.15) is 32.2 Å². The number of ether oxygens (including phenoxy) is 1. The number of nitrogens with zero attached hydrogens (tertiary/aromatic N) is 1. The van der Waals surface area contributed by atoms with Gasteiger partial charge >= 0.3 is 5.97 Å². The zero-order valence-electron chi connectivity index (χ0n) is 16.8. The standard InChI is InChI=1S/C23H20N2O4S/c1-12-4-7-15(8-5-12)19-14(3)30-22-20(19)21(27)24-18(25-22)11-29-23(28)16-10-13(2)6-9-17(16)26/h4-10,26H,11H2,1-3H3,(H,24,25,27). The molecule has 0 fully saturated rings. The molecule has 2 aromatic carbocycles. The van der Waals surface area contributed by atoms with Gasteiger partial charge in [0.2, 0.25) is 0 Å². The number of aromatic amines is 1. The third-order valence-electron chi connectivity index (χ3n) is 4.84. The number of H-pyrrole nitrogens is 1. The van der Waals surface area contributed by atoms with Crippen molar-refractivity contribution in [2.75, 3.05) is 0 Å². The highest BCUT2D eigenvalue weighted by Gasteiger charge is 2.18. The van der Waals surface area contributed by atoms with Crippen LogP contribution in [0.4, 0.5) is 0 Å². The number of hydrogen-bond acceptors (Lipinski definition) is 6. The fourth-order valence-electron chi connectivity index (χ4n) is 3.32. The summed E-state index contributed by atoms with van der Waals surface area (Å²) in [5.41, 5.74) is 3.61. The van der Waals surface area contributed by atoms with Crippen LogP contribution in [-0.4, -0.2) is 21.0 Å². The van der Waals surface area contributed by atoms with Gasteiger partial charge < -0.3 is 14.8 Å². The van der Waals surface area contributed by atoms with E-state index >= 15 is 0 Å². The van der Waals surface area contributed by atoms with Gasteiger partial charge in [-0.05, 0) is 38.5 Å². The Morgan fingerprint density at radius 3 is 2.53 bits per heavy atom. The van der Waals surface area contributed by atoms with Gasteiger partial charge in [-0.15, -0.1) is 11.3 Å². The van der Waals surface area contributed by atoms with Gasteiger partial charge in [0.25, 0.3) is 5.56 Å². The Kier molecular flexibility index (Phi) is 5.13. The van der Waals surface area contributed by atoms with Crippen LogP contribution in [0.2, 0.25) is 0 Å². The molecule has 2 heterocycles. The zero-order chi connectivity index (χ0) is 21.4. The Hall–Kier alpha value is -3.45. The summed E-state index contributed by atoms with van der Waals surface area (Å²) >= 11 is 1.43. The first-order chi connectivity index (χ1) is 14.3. The minimum absolute atomic E-state index is 0.0760. The Morgan fingerprint density at radius 2 is 1.80 bits per heavy atom. The highest BCUT2D eigenvalue weighted by molar-refractivity contribution is 7.19. The maximum Gasteiger partial charge on any atom is 0.342 e. The molecule has 0 amide bonds. The van der Waals surface area contributed by atoms with Gasteiger partial charge in [-0.1, -0.05) is 41.5 Å². The minimum atomic E-state index is -0.679. The number of carbonyl (C=O) groups excluding carboxylic acids is 1. The van der Waals surface area contributed by atoms with Crippen molar-refractivity contribution >= 4 is 27.5 Å². The second-order valence-corrected chi connectivity index (χ2v) is 8.39. The third-order valence-corrected chi connectivity index (χ3v) is 5.84. The fraction of sp³-hybridized carbons (Fsp3) is 0.174. The predicted octanol–water partition coefficient (Wildman–Crippen LogP) is 4.64. The lowest BCUT2D eigenvalue weighted by Crippen LogP contribution is -2.14. The van der Waals surface area contributed by atoms with Crippen LogP contribution >= 0.6 is 11.3 Å². The monoisotopic (exact) mass is 420 g/mol. The summed E-state index contributed by atoms with van der Waals surface area (Å²) in [6.45, 7) is 5.59. The quantitative estimate of drug-likeness (QED) is 0.469. The van der Waals surface area contributed by atoms with Gasteiger partial charge in [-0.2, -0.15) is 0 Å². The molecule has 0 saturated heterocycles. The van der Waals surface area contributed by atoms with Crippen molar-refractivity contribution in [3.63, 3.8) is 0 Å². The van der Waals surface area contributed by atoms with E-state index in [9.17, 15) is 14.7 Å². The topological polar surface area (TPSA) is 92.3 Å². The first-order valence-electron chi connectivity index (χ1n) is 9.39. The van der Waals surface area contributed by atoms with Gasteiger partial charge in [0.15, 0.2) is 0 Å². The van der Waals surface area contributed by atoms with Crippen molar-refractivity contribution < 1.29 is 14.6 Å². The number of nitrogens with one attached hydrogen (secondary N) is 1. The predicted molar refractivity (Wildman–Crippen MR) is 117 cm³/mol. The number of aryl methyl sites for hydroxylation is 3. The Morgan fingerprint density at radius 1 is 1.10 bits per heavy atom. The molecule has 0 aliphatic heterocycles. The lowest BCUT2D eigenvalue weighted by Gasteiger charge is -2.07. The SMILES string of the molecule is Cc1ccc(-c2c(C)sc3nc(COC(=O)c4cc(C)ccc4O)[nH]c(=O)c23)cc1. The summed E-state index contributed by atoms with van der Waals surface area (Å²) in [4.78, 5) is 33.9. The number of rotatable bonds is 4. The van der Waals surface area contributed by atoms with Crippen LogP contribution in [-0.2, 0) is 11.3 Å². The first kappa shape index (κ1) is 19.8. The molecule has 0 atom stereocenters.